The molecule has 0 saturated carbocycles. The predicted molar refractivity (Wildman–Crippen MR) is 112 cm³/mol. The molecule has 5 rings (SSSR count). The molecular weight excluding hydrogens is 380 g/mol. The molecule has 0 spiro atoms. The van der Waals surface area contributed by atoms with Crippen LogP contribution in [0.15, 0.2) is 42.7 Å². The maximum Gasteiger partial charge on any atom is 0.272 e. The summed E-state index contributed by atoms with van der Waals surface area (Å²) in [5, 5.41) is 11.5. The minimum absolute atomic E-state index is 0.0303. The lowest BCUT2D eigenvalue weighted by Crippen LogP contribution is -2.49. The van der Waals surface area contributed by atoms with E-state index in [0.29, 0.717) is 37.7 Å². The smallest absolute Gasteiger partial charge is 0.272 e. The normalized spacial score (nSPS) is 14.5. The summed E-state index contributed by atoms with van der Waals surface area (Å²) < 4.78 is 1.74. The first-order chi connectivity index (χ1) is 14.6. The second-order valence-corrected chi connectivity index (χ2v) is 7.54. The Hall–Kier alpha value is -3.75. The first-order valence-corrected chi connectivity index (χ1v) is 9.92. The maximum atomic E-state index is 13.0. The second kappa shape index (κ2) is 7.25. The first kappa shape index (κ1) is 18.3. The number of aryl methyl sites for hydroxylation is 2. The van der Waals surface area contributed by atoms with Crippen LogP contribution in [0.5, 0.6) is 0 Å². The molecule has 0 radical (unpaired) electrons. The third kappa shape index (κ3) is 3.28. The Morgan fingerprint density at radius 2 is 1.80 bits per heavy atom. The van der Waals surface area contributed by atoms with Crippen LogP contribution in [0.2, 0.25) is 0 Å². The highest BCUT2D eigenvalue weighted by Crippen LogP contribution is 2.21. The molecule has 0 bridgehead atoms. The molecule has 152 valence electrons. The Morgan fingerprint density at radius 3 is 2.57 bits per heavy atom. The number of benzene rings is 1. The number of hydrogen-bond donors (Lipinski definition) is 1. The van der Waals surface area contributed by atoms with E-state index in [0.717, 1.165) is 22.8 Å². The minimum Gasteiger partial charge on any atom is -0.353 e. The monoisotopic (exact) mass is 402 g/mol. The summed E-state index contributed by atoms with van der Waals surface area (Å²) in [6, 6.07) is 11.9. The Balaban J connectivity index is 1.29. The van der Waals surface area contributed by atoms with Crippen LogP contribution in [0.4, 0.5) is 5.82 Å². The lowest BCUT2D eigenvalue weighted by molar-refractivity contribution is 0.0740. The van der Waals surface area contributed by atoms with E-state index in [1.165, 1.54) is 11.9 Å². The highest BCUT2D eigenvalue weighted by Gasteiger charge is 2.25. The molecule has 9 nitrogen and oxygen atoms in total. The average molecular weight is 402 g/mol. The van der Waals surface area contributed by atoms with Gasteiger partial charge in [-0.1, -0.05) is 29.8 Å². The largest absolute Gasteiger partial charge is 0.353 e. The molecule has 3 aromatic heterocycles. The number of rotatable bonds is 3. The summed E-state index contributed by atoms with van der Waals surface area (Å²) in [6.07, 6.45) is 1.51. The van der Waals surface area contributed by atoms with Crippen LogP contribution in [-0.2, 0) is 0 Å². The van der Waals surface area contributed by atoms with Gasteiger partial charge < -0.3 is 9.80 Å². The van der Waals surface area contributed by atoms with E-state index < -0.39 is 0 Å². The molecule has 0 unspecified atom stereocenters. The Bertz CT molecular complexity index is 1200. The fourth-order valence-corrected chi connectivity index (χ4v) is 3.75. The lowest BCUT2D eigenvalue weighted by Gasteiger charge is -2.35. The van der Waals surface area contributed by atoms with E-state index in [2.05, 4.69) is 30.2 Å². The lowest BCUT2D eigenvalue weighted by atomic mass is 10.1. The molecule has 4 aromatic rings. The highest BCUT2D eigenvalue weighted by atomic mass is 16.2. The molecule has 1 amide bonds. The summed E-state index contributed by atoms with van der Waals surface area (Å²) in [6.45, 7) is 6.66. The third-order valence-corrected chi connectivity index (χ3v) is 5.41. The van der Waals surface area contributed by atoms with Gasteiger partial charge in [0, 0.05) is 43.5 Å². The summed E-state index contributed by atoms with van der Waals surface area (Å²) in [5.74, 6) is 1.51. The molecule has 1 aliphatic rings. The molecule has 1 aromatic carbocycles. The Morgan fingerprint density at radius 1 is 1.03 bits per heavy atom. The van der Waals surface area contributed by atoms with Crippen molar-refractivity contribution in [2.45, 2.75) is 13.8 Å². The van der Waals surface area contributed by atoms with Gasteiger partial charge in [-0.3, -0.25) is 9.89 Å². The van der Waals surface area contributed by atoms with Gasteiger partial charge in [-0.15, -0.1) is 0 Å². The molecule has 1 fully saturated rings. The summed E-state index contributed by atoms with van der Waals surface area (Å²) >= 11 is 0. The number of H-pyrrole nitrogens is 1. The van der Waals surface area contributed by atoms with E-state index in [4.69, 9.17) is 0 Å². The van der Waals surface area contributed by atoms with E-state index in [-0.39, 0.29) is 5.91 Å². The molecule has 1 N–H and O–H groups in total. The molecule has 0 atom stereocenters. The molecule has 0 aliphatic carbocycles. The van der Waals surface area contributed by atoms with Gasteiger partial charge in [-0.25, -0.2) is 4.98 Å². The zero-order chi connectivity index (χ0) is 20.7. The molecule has 1 aliphatic heterocycles. The van der Waals surface area contributed by atoms with Gasteiger partial charge in [0.05, 0.1) is 5.69 Å². The van der Waals surface area contributed by atoms with Gasteiger partial charge in [-0.2, -0.15) is 19.7 Å². The average Bonchev–Trinajstić information content (AvgIpc) is 3.43. The number of amides is 1. The van der Waals surface area contributed by atoms with Gasteiger partial charge in [0.15, 0.2) is 0 Å². The number of aromatic amines is 1. The zero-order valence-corrected chi connectivity index (χ0v) is 16.9. The van der Waals surface area contributed by atoms with Crippen molar-refractivity contribution in [1.82, 2.24) is 34.7 Å². The number of anilines is 1. The number of nitrogens with zero attached hydrogens (tertiary/aromatic N) is 7. The number of carbonyl (C=O) groups excluding carboxylic acids is 1. The van der Waals surface area contributed by atoms with Gasteiger partial charge in [0.2, 0.25) is 0 Å². The van der Waals surface area contributed by atoms with Crippen molar-refractivity contribution in [2.75, 3.05) is 31.1 Å². The van der Waals surface area contributed by atoms with Crippen molar-refractivity contribution < 1.29 is 4.79 Å². The summed E-state index contributed by atoms with van der Waals surface area (Å²) in [4.78, 5) is 25.6. The number of aromatic nitrogens is 6. The van der Waals surface area contributed by atoms with E-state index >= 15 is 0 Å². The second-order valence-electron chi connectivity index (χ2n) is 7.54. The molecule has 30 heavy (non-hydrogen) atoms. The van der Waals surface area contributed by atoms with Gasteiger partial charge in [0.1, 0.15) is 17.8 Å². The van der Waals surface area contributed by atoms with Crippen molar-refractivity contribution in [3.63, 3.8) is 0 Å². The maximum absolute atomic E-state index is 13.0. The fraction of sp³-hybridized carbons (Fsp3) is 0.286. The fourth-order valence-electron chi connectivity index (χ4n) is 3.75. The van der Waals surface area contributed by atoms with Crippen LogP contribution < -0.4 is 4.90 Å². The minimum atomic E-state index is -0.0303. The quantitative estimate of drug-likeness (QED) is 0.564. The van der Waals surface area contributed by atoms with Crippen LogP contribution in [0.3, 0.4) is 0 Å². The number of piperazine rings is 1. The summed E-state index contributed by atoms with van der Waals surface area (Å²) in [7, 11) is 0. The standard InChI is InChI=1S/C21H22N8O/c1-14-3-5-16(6-4-14)17-12-18(26-25-17)20(30)28-9-7-27(8-10-28)19-11-15(2)24-21-22-13-23-29(19)21/h3-6,11-13H,7-10H2,1-2H3,(H,25,26). The van der Waals surface area contributed by atoms with Crippen molar-refractivity contribution >= 4 is 17.5 Å². The van der Waals surface area contributed by atoms with Crippen molar-refractivity contribution in [3.8, 4) is 11.3 Å². The van der Waals surface area contributed by atoms with Crippen molar-refractivity contribution in [3.05, 3.63) is 59.7 Å². The topological polar surface area (TPSA) is 95.3 Å². The molecular formula is C21H22N8O. The van der Waals surface area contributed by atoms with Crippen LogP contribution in [0.25, 0.3) is 17.0 Å². The van der Waals surface area contributed by atoms with Crippen molar-refractivity contribution in [2.24, 2.45) is 0 Å². The molecule has 1 saturated heterocycles. The van der Waals surface area contributed by atoms with Crippen LogP contribution >= 0.6 is 0 Å². The van der Waals surface area contributed by atoms with Crippen LogP contribution in [0.1, 0.15) is 21.7 Å². The van der Waals surface area contributed by atoms with Crippen LogP contribution in [-0.4, -0.2) is 66.8 Å². The molecule has 9 heteroatoms. The Kier molecular flexibility index (Phi) is 4.42. The van der Waals surface area contributed by atoms with E-state index in [1.54, 1.807) is 4.52 Å². The SMILES string of the molecule is Cc1ccc(-c2cc(C(=O)N3CCN(c4cc(C)nc5ncnn45)CC3)[nH]n2)cc1. The van der Waals surface area contributed by atoms with Gasteiger partial charge in [-0.05, 0) is 19.9 Å². The third-order valence-electron chi connectivity index (χ3n) is 5.41. The van der Waals surface area contributed by atoms with Gasteiger partial charge >= 0.3 is 0 Å². The van der Waals surface area contributed by atoms with Crippen LogP contribution in [0, 0.1) is 13.8 Å². The van der Waals surface area contributed by atoms with E-state index in [9.17, 15) is 4.79 Å². The highest BCUT2D eigenvalue weighted by molar-refractivity contribution is 5.93. The number of nitrogens with one attached hydrogen (secondary N) is 1. The number of fused-ring (bicyclic) bond motifs is 1. The number of hydrogen-bond acceptors (Lipinski definition) is 6. The predicted octanol–water partition coefficient (Wildman–Crippen LogP) is 2.09. The van der Waals surface area contributed by atoms with Gasteiger partial charge in [0.25, 0.3) is 11.7 Å². The van der Waals surface area contributed by atoms with Crippen molar-refractivity contribution in [1.29, 1.82) is 0 Å². The zero-order valence-electron chi connectivity index (χ0n) is 16.9. The Labute approximate surface area is 173 Å². The first-order valence-electron chi connectivity index (χ1n) is 9.92. The molecule has 4 heterocycles. The summed E-state index contributed by atoms with van der Waals surface area (Å²) in [5.41, 5.74) is 4.36. The van der Waals surface area contributed by atoms with E-state index in [1.807, 2.05) is 55.1 Å². The number of carbonyl (C=O) groups is 1.